The monoisotopic (exact) mass is 301 g/mol. The molecule has 3 aromatic rings. The number of aromatic amines is 1. The van der Waals surface area contributed by atoms with E-state index in [1.807, 2.05) is 0 Å². The molecule has 0 aliphatic heterocycles. The first-order chi connectivity index (χ1) is 10.1. The number of anilines is 1. The largest absolute Gasteiger partial charge is 0.338 e. The van der Waals surface area contributed by atoms with Gasteiger partial charge in [0.1, 0.15) is 6.54 Å². The summed E-state index contributed by atoms with van der Waals surface area (Å²) in [4.78, 5) is 26.3. The lowest BCUT2D eigenvalue weighted by Crippen LogP contribution is -2.18. The highest BCUT2D eigenvalue weighted by Crippen LogP contribution is 2.15. The van der Waals surface area contributed by atoms with Crippen LogP contribution >= 0.6 is 11.6 Å². The van der Waals surface area contributed by atoms with Gasteiger partial charge in [0, 0.05) is 23.1 Å². The number of nitrogens with zero attached hydrogens (tertiary/aromatic N) is 1. The number of hydrogen-bond acceptors (Lipinski definition) is 2. The normalized spacial score (nSPS) is 10.7. The van der Waals surface area contributed by atoms with E-state index in [0.29, 0.717) is 16.1 Å². The van der Waals surface area contributed by atoms with E-state index in [0.717, 1.165) is 5.52 Å². The number of hydrogen-bond donors (Lipinski definition) is 2. The molecule has 6 heteroatoms. The van der Waals surface area contributed by atoms with Crippen molar-refractivity contribution in [1.82, 2.24) is 9.55 Å². The molecule has 0 atom stereocenters. The standard InChI is InChI=1S/C15H12ClN3O2/c16-10-2-1-3-11(8-10)18-14(20)9-19-7-5-12-13(19)4-6-17-15(12)21/h1-8H,9H2,(H,17,21)(H,18,20). The topological polar surface area (TPSA) is 66.9 Å². The second-order valence-corrected chi connectivity index (χ2v) is 5.04. The minimum atomic E-state index is -0.185. The number of fused-ring (bicyclic) bond motifs is 1. The van der Waals surface area contributed by atoms with Gasteiger partial charge in [-0.3, -0.25) is 9.59 Å². The minimum Gasteiger partial charge on any atom is -0.338 e. The zero-order valence-corrected chi connectivity index (χ0v) is 11.7. The van der Waals surface area contributed by atoms with E-state index < -0.39 is 0 Å². The highest BCUT2D eigenvalue weighted by atomic mass is 35.5. The summed E-state index contributed by atoms with van der Waals surface area (Å²) in [7, 11) is 0. The van der Waals surface area contributed by atoms with E-state index in [1.165, 1.54) is 0 Å². The van der Waals surface area contributed by atoms with Crippen LogP contribution in [0.4, 0.5) is 5.69 Å². The molecule has 21 heavy (non-hydrogen) atoms. The van der Waals surface area contributed by atoms with Crippen LogP contribution in [0.3, 0.4) is 0 Å². The van der Waals surface area contributed by atoms with Gasteiger partial charge in [0.15, 0.2) is 0 Å². The van der Waals surface area contributed by atoms with Crippen molar-refractivity contribution in [3.8, 4) is 0 Å². The van der Waals surface area contributed by atoms with Crippen molar-refractivity contribution in [2.75, 3.05) is 5.32 Å². The summed E-state index contributed by atoms with van der Waals surface area (Å²) in [5.74, 6) is -0.185. The Hall–Kier alpha value is -2.53. The predicted octanol–water partition coefficient (Wildman–Crippen LogP) is 2.62. The van der Waals surface area contributed by atoms with E-state index in [2.05, 4.69) is 10.3 Å². The Morgan fingerprint density at radius 3 is 2.95 bits per heavy atom. The Bertz CT molecular complexity index is 866. The molecule has 3 rings (SSSR count). The zero-order valence-electron chi connectivity index (χ0n) is 11.0. The second-order valence-electron chi connectivity index (χ2n) is 4.61. The molecule has 106 valence electrons. The van der Waals surface area contributed by atoms with E-state index in [4.69, 9.17) is 11.6 Å². The molecule has 1 aromatic carbocycles. The van der Waals surface area contributed by atoms with Crippen LogP contribution in [0.2, 0.25) is 5.02 Å². The van der Waals surface area contributed by atoms with Gasteiger partial charge in [-0.25, -0.2) is 0 Å². The van der Waals surface area contributed by atoms with E-state index >= 15 is 0 Å². The zero-order chi connectivity index (χ0) is 14.8. The smallest absolute Gasteiger partial charge is 0.257 e. The van der Waals surface area contributed by atoms with Crippen LogP contribution in [0, 0.1) is 0 Å². The Morgan fingerprint density at radius 1 is 1.29 bits per heavy atom. The van der Waals surface area contributed by atoms with Gasteiger partial charge < -0.3 is 14.9 Å². The van der Waals surface area contributed by atoms with Crippen molar-refractivity contribution in [3.05, 3.63) is 64.2 Å². The van der Waals surface area contributed by atoms with Crippen LogP contribution in [0.5, 0.6) is 0 Å². The van der Waals surface area contributed by atoms with Crippen LogP contribution in [0.25, 0.3) is 10.9 Å². The van der Waals surface area contributed by atoms with Crippen molar-refractivity contribution in [2.24, 2.45) is 0 Å². The van der Waals surface area contributed by atoms with E-state index in [-0.39, 0.29) is 18.0 Å². The summed E-state index contributed by atoms with van der Waals surface area (Å²) >= 11 is 5.87. The van der Waals surface area contributed by atoms with Gasteiger partial charge in [0.25, 0.3) is 5.56 Å². The molecule has 0 aliphatic rings. The summed E-state index contributed by atoms with van der Waals surface area (Å²) in [6.45, 7) is 0.124. The SMILES string of the molecule is O=C(Cn1ccc2c(=O)[nH]ccc21)Nc1cccc(Cl)c1. The van der Waals surface area contributed by atoms with Crippen molar-refractivity contribution >= 4 is 34.1 Å². The molecule has 0 spiro atoms. The number of rotatable bonds is 3. The lowest BCUT2D eigenvalue weighted by atomic mass is 10.3. The predicted molar refractivity (Wildman–Crippen MR) is 82.6 cm³/mol. The number of pyridine rings is 1. The third kappa shape index (κ3) is 2.83. The molecular weight excluding hydrogens is 290 g/mol. The maximum Gasteiger partial charge on any atom is 0.257 e. The Morgan fingerprint density at radius 2 is 2.14 bits per heavy atom. The molecule has 2 N–H and O–H groups in total. The second kappa shape index (κ2) is 5.46. The van der Waals surface area contributed by atoms with Crippen LogP contribution < -0.4 is 10.9 Å². The highest BCUT2D eigenvalue weighted by Gasteiger charge is 2.08. The Kier molecular flexibility index (Phi) is 3.50. The van der Waals surface area contributed by atoms with Crippen LogP contribution in [-0.2, 0) is 11.3 Å². The Balaban J connectivity index is 1.81. The average molecular weight is 302 g/mol. The molecule has 0 fully saturated rings. The number of carbonyl (C=O) groups excluding carboxylic acids is 1. The third-order valence-electron chi connectivity index (χ3n) is 3.13. The van der Waals surface area contributed by atoms with Crippen LogP contribution in [0.15, 0.2) is 53.6 Å². The maximum absolute atomic E-state index is 12.1. The summed E-state index contributed by atoms with van der Waals surface area (Å²) in [5.41, 5.74) is 1.20. The molecule has 2 heterocycles. The first kappa shape index (κ1) is 13.5. The van der Waals surface area contributed by atoms with E-state index in [9.17, 15) is 9.59 Å². The first-order valence-corrected chi connectivity index (χ1v) is 6.73. The van der Waals surface area contributed by atoms with Gasteiger partial charge in [0.2, 0.25) is 5.91 Å². The molecular formula is C15H12ClN3O2. The lowest BCUT2D eigenvalue weighted by Gasteiger charge is -2.07. The summed E-state index contributed by atoms with van der Waals surface area (Å²) < 4.78 is 1.73. The van der Waals surface area contributed by atoms with Gasteiger partial charge >= 0.3 is 0 Å². The molecule has 2 aromatic heterocycles. The van der Waals surface area contributed by atoms with Crippen LogP contribution in [0.1, 0.15) is 0 Å². The molecule has 0 bridgehead atoms. The van der Waals surface area contributed by atoms with Crippen molar-refractivity contribution in [3.63, 3.8) is 0 Å². The summed E-state index contributed by atoms with van der Waals surface area (Å²) in [6, 6.07) is 10.4. The van der Waals surface area contributed by atoms with Crippen molar-refractivity contribution in [2.45, 2.75) is 6.54 Å². The molecule has 0 unspecified atom stereocenters. The number of H-pyrrole nitrogens is 1. The van der Waals surface area contributed by atoms with E-state index in [1.54, 1.807) is 53.4 Å². The molecule has 0 saturated heterocycles. The van der Waals surface area contributed by atoms with Gasteiger partial charge in [-0.05, 0) is 30.3 Å². The lowest BCUT2D eigenvalue weighted by molar-refractivity contribution is -0.116. The number of carbonyl (C=O) groups is 1. The van der Waals surface area contributed by atoms with Gasteiger partial charge in [-0.1, -0.05) is 17.7 Å². The quantitative estimate of drug-likeness (QED) is 0.781. The summed E-state index contributed by atoms with van der Waals surface area (Å²) in [5, 5.41) is 3.89. The fourth-order valence-electron chi connectivity index (χ4n) is 2.20. The number of amides is 1. The average Bonchev–Trinajstić information content (AvgIpc) is 2.83. The third-order valence-corrected chi connectivity index (χ3v) is 3.36. The number of benzene rings is 1. The summed E-state index contributed by atoms with van der Waals surface area (Å²) in [6.07, 6.45) is 3.29. The number of halogens is 1. The fourth-order valence-corrected chi connectivity index (χ4v) is 2.39. The van der Waals surface area contributed by atoms with Crippen LogP contribution in [-0.4, -0.2) is 15.5 Å². The molecule has 5 nitrogen and oxygen atoms in total. The van der Waals surface area contributed by atoms with Crippen molar-refractivity contribution in [1.29, 1.82) is 0 Å². The van der Waals surface area contributed by atoms with Crippen molar-refractivity contribution < 1.29 is 4.79 Å². The Labute approximate surface area is 125 Å². The highest BCUT2D eigenvalue weighted by molar-refractivity contribution is 6.30. The van der Waals surface area contributed by atoms with Gasteiger partial charge in [-0.2, -0.15) is 0 Å². The fraction of sp³-hybridized carbons (Fsp3) is 0.0667. The minimum absolute atomic E-state index is 0.124. The number of nitrogens with one attached hydrogen (secondary N) is 2. The van der Waals surface area contributed by atoms with Gasteiger partial charge in [-0.15, -0.1) is 0 Å². The first-order valence-electron chi connectivity index (χ1n) is 6.35. The van der Waals surface area contributed by atoms with Gasteiger partial charge in [0.05, 0.1) is 10.9 Å². The molecule has 0 radical (unpaired) electrons. The number of aromatic nitrogens is 2. The molecule has 0 aliphatic carbocycles. The maximum atomic E-state index is 12.1. The molecule has 1 amide bonds. The molecule has 0 saturated carbocycles.